The van der Waals surface area contributed by atoms with Crippen molar-refractivity contribution < 1.29 is 13.6 Å². The molecule has 0 aliphatic heterocycles. The summed E-state index contributed by atoms with van der Waals surface area (Å²) < 4.78 is 14.1. The lowest BCUT2D eigenvalue weighted by atomic mass is 9.74. The molecule has 0 aromatic rings. The first-order valence-corrected chi connectivity index (χ1v) is 21.8. The van der Waals surface area contributed by atoms with E-state index in [9.17, 15) is 4.79 Å². The summed E-state index contributed by atoms with van der Waals surface area (Å²) in [6.07, 6.45) is 15.2. The molecule has 0 bridgehead atoms. The first-order chi connectivity index (χ1) is 19.2. The Balaban J connectivity index is 2.57. The second-order valence-electron chi connectivity index (χ2n) is 16.3. The number of hydrogen-bond donors (Lipinski definition) is 0. The second-order valence-corrected chi connectivity index (χ2v) is 26.4. The van der Waals surface area contributed by atoms with Crippen molar-refractivity contribution in [3.8, 4) is 0 Å². The zero-order valence-electron chi connectivity index (χ0n) is 30.2. The standard InChI is InChI=1S/C37H66O3Si2/c1-26(2)42(27(3)4,28(5)6)40-34-25-37(13)24-23-30(8)18-16-17-29(7)19-22-33(39-41(14,15)36(10,11)12)31(9)20-21-32(37)35(34)38/h17,20,23,25-28,32-33H,16,18-19,21-22,24H2,1-15H3/b29-17+,30-23+,31-20-/t32-,33?,37-/m1/s1. The van der Waals surface area contributed by atoms with Crippen LogP contribution in [0.5, 0.6) is 0 Å². The smallest absolute Gasteiger partial charge is 0.258 e. The Morgan fingerprint density at radius 1 is 0.881 bits per heavy atom. The van der Waals surface area contributed by atoms with Crippen molar-refractivity contribution in [3.05, 3.63) is 46.8 Å². The van der Waals surface area contributed by atoms with Crippen LogP contribution in [0.3, 0.4) is 0 Å². The highest BCUT2D eigenvalue weighted by Gasteiger charge is 2.52. The van der Waals surface area contributed by atoms with Crippen molar-refractivity contribution in [2.24, 2.45) is 11.3 Å². The summed E-state index contributed by atoms with van der Waals surface area (Å²) in [4.78, 5) is 14.3. The molecule has 1 unspecified atom stereocenters. The van der Waals surface area contributed by atoms with E-state index in [2.05, 4.69) is 127 Å². The average Bonchev–Trinajstić information content (AvgIpc) is 3.09. The predicted octanol–water partition coefficient (Wildman–Crippen LogP) is 11.9. The van der Waals surface area contributed by atoms with Gasteiger partial charge in [0, 0.05) is 11.3 Å². The topological polar surface area (TPSA) is 35.5 Å². The van der Waals surface area contributed by atoms with Gasteiger partial charge < -0.3 is 8.85 Å². The van der Waals surface area contributed by atoms with Gasteiger partial charge in [-0.25, -0.2) is 0 Å². The molecule has 2 aliphatic carbocycles. The first-order valence-electron chi connectivity index (χ1n) is 16.8. The second kappa shape index (κ2) is 14.3. The third kappa shape index (κ3) is 8.50. The van der Waals surface area contributed by atoms with Gasteiger partial charge in [-0.2, -0.15) is 0 Å². The molecule has 0 aromatic carbocycles. The molecule has 5 heteroatoms. The monoisotopic (exact) mass is 614 g/mol. The van der Waals surface area contributed by atoms with Gasteiger partial charge in [-0.05, 0) is 106 Å². The van der Waals surface area contributed by atoms with Crippen LogP contribution in [-0.2, 0) is 13.6 Å². The Morgan fingerprint density at radius 3 is 1.95 bits per heavy atom. The maximum absolute atomic E-state index is 14.3. The summed E-state index contributed by atoms with van der Waals surface area (Å²) in [5, 5.41) is 0.147. The molecule has 0 spiro atoms. The molecule has 0 aromatic heterocycles. The number of ketones is 1. The molecule has 0 N–H and O–H groups in total. The fourth-order valence-electron chi connectivity index (χ4n) is 6.99. The highest BCUT2D eigenvalue weighted by Crippen LogP contribution is 2.50. The lowest BCUT2D eigenvalue weighted by Gasteiger charge is -2.42. The van der Waals surface area contributed by atoms with E-state index in [0.717, 1.165) is 38.5 Å². The average molecular weight is 615 g/mol. The van der Waals surface area contributed by atoms with Crippen molar-refractivity contribution in [2.45, 2.75) is 169 Å². The fourth-order valence-corrected chi connectivity index (χ4v) is 13.6. The Morgan fingerprint density at radius 2 is 1.43 bits per heavy atom. The highest BCUT2D eigenvalue weighted by molar-refractivity contribution is 6.78. The number of allylic oxidation sites excluding steroid dienone is 7. The minimum Gasteiger partial charge on any atom is -0.541 e. The molecule has 2 rings (SSSR count). The lowest BCUT2D eigenvalue weighted by molar-refractivity contribution is -0.122. The zero-order valence-corrected chi connectivity index (χ0v) is 32.2. The van der Waals surface area contributed by atoms with E-state index >= 15 is 0 Å². The van der Waals surface area contributed by atoms with Crippen molar-refractivity contribution in [2.75, 3.05) is 0 Å². The van der Waals surface area contributed by atoms with Gasteiger partial charge in [0.15, 0.2) is 14.1 Å². The van der Waals surface area contributed by atoms with Gasteiger partial charge in [-0.3, -0.25) is 4.79 Å². The number of fused-ring (bicyclic) bond motifs is 1. The molecular weight excluding hydrogens is 549 g/mol. The van der Waals surface area contributed by atoms with Crippen LogP contribution >= 0.6 is 0 Å². The third-order valence-corrected chi connectivity index (χ3v) is 21.4. The van der Waals surface area contributed by atoms with Crippen LogP contribution in [0, 0.1) is 11.3 Å². The highest BCUT2D eigenvalue weighted by atomic mass is 28.4. The van der Waals surface area contributed by atoms with Gasteiger partial charge in [0.05, 0.1) is 6.10 Å². The summed E-state index contributed by atoms with van der Waals surface area (Å²) in [7, 11) is -4.21. The molecule has 0 saturated carbocycles. The molecule has 42 heavy (non-hydrogen) atoms. The van der Waals surface area contributed by atoms with Crippen molar-refractivity contribution >= 4 is 22.4 Å². The Labute approximate surface area is 263 Å². The molecule has 2 aliphatic rings. The Hall–Kier alpha value is -1.18. The van der Waals surface area contributed by atoms with Gasteiger partial charge in [-0.15, -0.1) is 0 Å². The van der Waals surface area contributed by atoms with Crippen LogP contribution in [0.4, 0.5) is 0 Å². The largest absolute Gasteiger partial charge is 0.541 e. The number of hydrogen-bond acceptors (Lipinski definition) is 3. The summed E-state index contributed by atoms with van der Waals surface area (Å²) in [6.45, 7) is 34.5. The molecule has 240 valence electrons. The summed E-state index contributed by atoms with van der Waals surface area (Å²) in [5.74, 6) is 0.731. The SMILES string of the molecule is C/C1=C/C[C@@H]2C(=O)C(O[Si](C(C)C)(C(C)C)C(C)C)=C[C@@]2(C)C/C=C(\C)CC/C=C(\C)CCC1O[Si](C)(C)C(C)(C)C. The van der Waals surface area contributed by atoms with Gasteiger partial charge in [0.25, 0.3) is 8.32 Å². The maximum Gasteiger partial charge on any atom is 0.258 e. The summed E-state index contributed by atoms with van der Waals surface area (Å²) in [5.41, 5.74) is 5.14. The van der Waals surface area contributed by atoms with Crippen LogP contribution < -0.4 is 0 Å². The van der Waals surface area contributed by atoms with E-state index < -0.39 is 16.6 Å². The van der Waals surface area contributed by atoms with Gasteiger partial charge >= 0.3 is 0 Å². The summed E-state index contributed by atoms with van der Waals surface area (Å²) >= 11 is 0. The molecular formula is C37H66O3Si2. The Kier molecular flexibility index (Phi) is 12.6. The molecule has 0 fully saturated rings. The Bertz CT molecular complexity index is 1050. The molecule has 3 nitrogen and oxygen atoms in total. The van der Waals surface area contributed by atoms with E-state index in [4.69, 9.17) is 8.85 Å². The number of carbonyl (C=O) groups excluding carboxylic acids is 1. The van der Waals surface area contributed by atoms with E-state index in [1.165, 1.54) is 16.7 Å². The maximum atomic E-state index is 14.3. The number of Topliss-reactive ketones (excluding diaryl/α,β-unsaturated/α-hetero) is 1. The number of rotatable bonds is 7. The van der Waals surface area contributed by atoms with Gasteiger partial charge in [0.2, 0.25) is 0 Å². The minimum absolute atomic E-state index is 0.0774. The van der Waals surface area contributed by atoms with Crippen molar-refractivity contribution in [1.82, 2.24) is 0 Å². The van der Waals surface area contributed by atoms with E-state index in [-0.39, 0.29) is 28.3 Å². The summed E-state index contributed by atoms with van der Waals surface area (Å²) in [6, 6.07) is 0. The van der Waals surface area contributed by atoms with Crippen LogP contribution in [0.25, 0.3) is 0 Å². The quantitative estimate of drug-likeness (QED) is 0.211. The zero-order chi connectivity index (χ0) is 32.3. The normalized spacial score (nSPS) is 29.6. The van der Waals surface area contributed by atoms with E-state index in [0.29, 0.717) is 22.4 Å². The molecule has 0 saturated heterocycles. The molecule has 0 radical (unpaired) electrons. The van der Waals surface area contributed by atoms with Crippen molar-refractivity contribution in [1.29, 1.82) is 0 Å². The van der Waals surface area contributed by atoms with Crippen LogP contribution in [0.15, 0.2) is 46.8 Å². The van der Waals surface area contributed by atoms with E-state index in [1.807, 2.05) is 0 Å². The fraction of sp³-hybridized carbons (Fsp3) is 0.757. The van der Waals surface area contributed by atoms with Crippen LogP contribution in [-0.4, -0.2) is 28.5 Å². The van der Waals surface area contributed by atoms with Crippen molar-refractivity contribution in [3.63, 3.8) is 0 Å². The molecule has 0 heterocycles. The third-order valence-electron chi connectivity index (χ3n) is 11.0. The molecule has 0 amide bonds. The minimum atomic E-state index is -2.24. The predicted molar refractivity (Wildman–Crippen MR) is 188 cm³/mol. The van der Waals surface area contributed by atoms with Gasteiger partial charge in [0.1, 0.15) is 5.76 Å². The lowest BCUT2D eigenvalue weighted by Crippen LogP contribution is -2.48. The van der Waals surface area contributed by atoms with Crippen LogP contribution in [0.2, 0.25) is 34.8 Å². The molecule has 3 atom stereocenters. The van der Waals surface area contributed by atoms with E-state index in [1.54, 1.807) is 0 Å². The number of carbonyl (C=O) groups is 1. The van der Waals surface area contributed by atoms with Gasteiger partial charge in [-0.1, -0.05) is 98.6 Å². The first kappa shape index (κ1) is 37.0. The van der Waals surface area contributed by atoms with Crippen LogP contribution in [0.1, 0.15) is 129 Å².